The highest BCUT2D eigenvalue weighted by molar-refractivity contribution is 5.84. The molecule has 1 unspecified atom stereocenters. The quantitative estimate of drug-likeness (QED) is 0.763. The van der Waals surface area contributed by atoms with Crippen molar-refractivity contribution >= 4 is 11.9 Å². The van der Waals surface area contributed by atoms with E-state index in [1.165, 1.54) is 12.8 Å². The Hall–Kier alpha value is -1.10. The molecule has 0 aliphatic heterocycles. The predicted octanol–water partition coefficient (Wildman–Crippen LogP) is 2.59. The van der Waals surface area contributed by atoms with Crippen LogP contribution in [0, 0.1) is 17.3 Å². The molecule has 2 aliphatic rings. The number of hydrogen-bond acceptors (Lipinski definition) is 4. The number of hydrogen-bond donors (Lipinski definition) is 2. The van der Waals surface area contributed by atoms with Crippen LogP contribution in [0.4, 0.5) is 0 Å². The Morgan fingerprint density at radius 1 is 1.23 bits per heavy atom. The zero-order valence-electron chi connectivity index (χ0n) is 14.1. The summed E-state index contributed by atoms with van der Waals surface area (Å²) in [4.78, 5) is 24.2. The maximum atomic E-state index is 12.4. The van der Waals surface area contributed by atoms with E-state index in [-0.39, 0.29) is 5.97 Å². The molecule has 2 aliphatic carbocycles. The molecule has 0 amide bonds. The van der Waals surface area contributed by atoms with E-state index in [0.717, 1.165) is 13.0 Å². The number of ether oxygens (including phenoxy) is 1. The summed E-state index contributed by atoms with van der Waals surface area (Å²) in [6, 6.07) is 0.625. The second-order valence-electron chi connectivity index (χ2n) is 8.14. The van der Waals surface area contributed by atoms with Crippen molar-refractivity contribution in [2.45, 2.75) is 71.4 Å². The number of carbonyl (C=O) groups is 2. The van der Waals surface area contributed by atoms with Crippen molar-refractivity contribution in [1.29, 1.82) is 0 Å². The van der Waals surface area contributed by atoms with Crippen molar-refractivity contribution in [2.75, 3.05) is 6.54 Å². The van der Waals surface area contributed by atoms with Gasteiger partial charge in [-0.05, 0) is 72.3 Å². The standard InChI is InChI=1S/C17H29NO4/c1-16(2,3)22-14(19)13-8-5-11(10-18-12-6-7-12)9-17(13,4)15(20)21/h11-13,18H,5-10H2,1-4H3,(H,20,21)/t11?,13-,17+/m1/s1. The average Bonchev–Trinajstić information content (AvgIpc) is 3.17. The van der Waals surface area contributed by atoms with E-state index in [1.807, 2.05) is 20.8 Å². The van der Waals surface area contributed by atoms with E-state index in [4.69, 9.17) is 4.74 Å². The topological polar surface area (TPSA) is 75.6 Å². The van der Waals surface area contributed by atoms with Gasteiger partial charge in [-0.1, -0.05) is 0 Å². The zero-order valence-corrected chi connectivity index (χ0v) is 14.1. The largest absolute Gasteiger partial charge is 0.481 e. The summed E-state index contributed by atoms with van der Waals surface area (Å²) >= 11 is 0. The Morgan fingerprint density at radius 2 is 1.86 bits per heavy atom. The fourth-order valence-corrected chi connectivity index (χ4v) is 3.35. The van der Waals surface area contributed by atoms with Gasteiger partial charge in [-0.2, -0.15) is 0 Å². The molecule has 3 atom stereocenters. The summed E-state index contributed by atoms with van der Waals surface area (Å²) in [5.74, 6) is -1.49. The minimum Gasteiger partial charge on any atom is -0.481 e. The lowest BCUT2D eigenvalue weighted by Crippen LogP contribution is -2.48. The van der Waals surface area contributed by atoms with Crippen LogP contribution in [0.5, 0.6) is 0 Å². The van der Waals surface area contributed by atoms with Crippen LogP contribution in [-0.2, 0) is 14.3 Å². The van der Waals surface area contributed by atoms with Gasteiger partial charge < -0.3 is 15.2 Å². The molecule has 0 heterocycles. The van der Waals surface area contributed by atoms with Crippen molar-refractivity contribution in [3.63, 3.8) is 0 Å². The summed E-state index contributed by atoms with van der Waals surface area (Å²) in [6.07, 6.45) is 4.46. The molecule has 126 valence electrons. The lowest BCUT2D eigenvalue weighted by Gasteiger charge is -2.41. The Bertz CT molecular complexity index is 438. The smallest absolute Gasteiger partial charge is 0.310 e. The van der Waals surface area contributed by atoms with E-state index in [1.54, 1.807) is 6.92 Å². The highest BCUT2D eigenvalue weighted by Crippen LogP contribution is 2.45. The predicted molar refractivity (Wildman–Crippen MR) is 83.4 cm³/mol. The minimum absolute atomic E-state index is 0.320. The maximum absolute atomic E-state index is 12.4. The molecule has 5 nitrogen and oxygen atoms in total. The fraction of sp³-hybridized carbons (Fsp3) is 0.882. The number of carboxylic acids is 1. The van der Waals surface area contributed by atoms with E-state index < -0.39 is 22.9 Å². The Kier molecular flexibility index (Phi) is 4.85. The third kappa shape index (κ3) is 4.22. The van der Waals surface area contributed by atoms with Gasteiger partial charge in [0, 0.05) is 6.04 Å². The first-order chi connectivity index (χ1) is 10.1. The molecular formula is C17H29NO4. The summed E-state index contributed by atoms with van der Waals surface area (Å²) in [5.41, 5.74) is -1.61. The number of nitrogens with one attached hydrogen (secondary N) is 1. The Balaban J connectivity index is 2.03. The van der Waals surface area contributed by atoms with Crippen molar-refractivity contribution in [3.8, 4) is 0 Å². The molecule has 0 aromatic carbocycles. The first-order valence-electron chi connectivity index (χ1n) is 8.31. The van der Waals surface area contributed by atoms with Crippen LogP contribution < -0.4 is 5.32 Å². The molecule has 22 heavy (non-hydrogen) atoms. The monoisotopic (exact) mass is 311 g/mol. The molecule has 2 N–H and O–H groups in total. The molecule has 2 rings (SSSR count). The number of esters is 1. The summed E-state index contributed by atoms with van der Waals surface area (Å²) in [5, 5.41) is 13.2. The van der Waals surface area contributed by atoms with Crippen molar-refractivity contribution in [2.24, 2.45) is 17.3 Å². The van der Waals surface area contributed by atoms with Crippen LogP contribution in [0.15, 0.2) is 0 Å². The van der Waals surface area contributed by atoms with Crippen molar-refractivity contribution in [3.05, 3.63) is 0 Å². The zero-order chi connectivity index (χ0) is 16.5. The van der Waals surface area contributed by atoms with Crippen molar-refractivity contribution < 1.29 is 19.4 Å². The lowest BCUT2D eigenvalue weighted by molar-refractivity contribution is -0.176. The van der Waals surface area contributed by atoms with Crippen LogP contribution in [0.1, 0.15) is 59.8 Å². The second kappa shape index (κ2) is 6.19. The molecule has 0 saturated heterocycles. The van der Waals surface area contributed by atoms with Crippen LogP contribution in [-0.4, -0.2) is 35.2 Å². The van der Waals surface area contributed by atoms with Crippen LogP contribution in [0.2, 0.25) is 0 Å². The summed E-state index contributed by atoms with van der Waals surface area (Å²) < 4.78 is 5.45. The van der Waals surface area contributed by atoms with Crippen LogP contribution >= 0.6 is 0 Å². The summed E-state index contributed by atoms with van der Waals surface area (Å²) in [6.45, 7) is 8.00. The number of carboxylic acid groups (broad SMARTS) is 1. The maximum Gasteiger partial charge on any atom is 0.310 e. The number of aliphatic carboxylic acids is 1. The molecule has 2 saturated carbocycles. The SMILES string of the molecule is CC(C)(C)OC(=O)[C@H]1CCC(CNC2CC2)C[C@]1(C)C(=O)O. The highest BCUT2D eigenvalue weighted by atomic mass is 16.6. The van der Waals surface area contributed by atoms with Gasteiger partial charge in [0.15, 0.2) is 0 Å². The second-order valence-corrected chi connectivity index (χ2v) is 8.14. The first-order valence-corrected chi connectivity index (χ1v) is 8.31. The Labute approximate surface area is 132 Å². The van der Waals surface area contributed by atoms with Gasteiger partial charge in [0.25, 0.3) is 0 Å². The van der Waals surface area contributed by atoms with Gasteiger partial charge in [0.2, 0.25) is 0 Å². The van der Waals surface area contributed by atoms with Crippen LogP contribution in [0.3, 0.4) is 0 Å². The van der Waals surface area contributed by atoms with Gasteiger partial charge in [0.1, 0.15) is 5.60 Å². The highest BCUT2D eigenvalue weighted by Gasteiger charge is 2.50. The molecule has 0 radical (unpaired) electrons. The fourth-order valence-electron chi connectivity index (χ4n) is 3.35. The molecule has 5 heteroatoms. The van der Waals surface area contributed by atoms with Gasteiger partial charge in [-0.25, -0.2) is 0 Å². The average molecular weight is 311 g/mol. The number of carbonyl (C=O) groups excluding carboxylic acids is 1. The van der Waals surface area contributed by atoms with Gasteiger partial charge in [-0.3, -0.25) is 9.59 Å². The third-order valence-corrected chi connectivity index (χ3v) is 4.80. The van der Waals surface area contributed by atoms with E-state index in [0.29, 0.717) is 24.8 Å². The van der Waals surface area contributed by atoms with E-state index >= 15 is 0 Å². The molecule has 0 aromatic rings. The first kappa shape index (κ1) is 17.3. The molecule has 0 bridgehead atoms. The normalized spacial score (nSPS) is 32.5. The van der Waals surface area contributed by atoms with Gasteiger partial charge in [0.05, 0.1) is 11.3 Å². The van der Waals surface area contributed by atoms with Gasteiger partial charge >= 0.3 is 11.9 Å². The molecule has 2 fully saturated rings. The Morgan fingerprint density at radius 3 is 2.36 bits per heavy atom. The third-order valence-electron chi connectivity index (χ3n) is 4.80. The number of rotatable bonds is 5. The van der Waals surface area contributed by atoms with Crippen molar-refractivity contribution in [1.82, 2.24) is 5.32 Å². The molecular weight excluding hydrogens is 282 g/mol. The summed E-state index contributed by atoms with van der Waals surface area (Å²) in [7, 11) is 0. The minimum atomic E-state index is -1.03. The molecule has 0 aromatic heterocycles. The van der Waals surface area contributed by atoms with E-state index in [9.17, 15) is 14.7 Å². The lowest BCUT2D eigenvalue weighted by atomic mass is 9.64. The van der Waals surface area contributed by atoms with Crippen LogP contribution in [0.25, 0.3) is 0 Å². The van der Waals surface area contributed by atoms with Gasteiger partial charge in [-0.15, -0.1) is 0 Å². The van der Waals surface area contributed by atoms with E-state index in [2.05, 4.69) is 5.32 Å². The molecule has 0 spiro atoms.